The molecule has 10 nitrogen and oxygen atoms in total. The van der Waals surface area contributed by atoms with Gasteiger partial charge in [0.1, 0.15) is 11.0 Å². The first kappa shape index (κ1) is 19.2. The molecule has 1 atom stereocenters. The summed E-state index contributed by atoms with van der Waals surface area (Å²) < 4.78 is 3.35. The number of piperazine rings is 1. The van der Waals surface area contributed by atoms with Gasteiger partial charge in [-0.1, -0.05) is 10.4 Å². The Hall–Kier alpha value is -3.82. The van der Waals surface area contributed by atoms with Gasteiger partial charge in [-0.3, -0.25) is 9.59 Å². The van der Waals surface area contributed by atoms with Crippen LogP contribution < -0.4 is 0 Å². The molecule has 0 aliphatic carbocycles. The van der Waals surface area contributed by atoms with E-state index >= 15 is 0 Å². The fraction of sp³-hybridized carbons (Fsp3) is 0.333. The molecule has 31 heavy (non-hydrogen) atoms. The smallest absolute Gasteiger partial charge is 0.254 e. The van der Waals surface area contributed by atoms with Gasteiger partial charge in [0, 0.05) is 50.9 Å². The average Bonchev–Trinajstić information content (AvgIpc) is 3.34. The number of aryl methyl sites for hydroxylation is 2. The Morgan fingerprint density at radius 2 is 1.39 bits per heavy atom. The molecule has 10 heteroatoms. The van der Waals surface area contributed by atoms with Crippen LogP contribution in [0, 0.1) is 0 Å². The highest BCUT2D eigenvalue weighted by Gasteiger charge is 2.31. The van der Waals surface area contributed by atoms with Gasteiger partial charge in [-0.25, -0.2) is 9.36 Å². The lowest BCUT2D eigenvalue weighted by Crippen LogP contribution is -2.55. The number of aromatic nitrogens is 6. The molecule has 5 rings (SSSR count). The van der Waals surface area contributed by atoms with Crippen molar-refractivity contribution in [3.8, 4) is 0 Å². The molecule has 0 radical (unpaired) electrons. The maximum absolute atomic E-state index is 13.1. The zero-order valence-corrected chi connectivity index (χ0v) is 17.6. The van der Waals surface area contributed by atoms with Crippen molar-refractivity contribution < 1.29 is 9.59 Å². The van der Waals surface area contributed by atoms with E-state index in [9.17, 15) is 9.59 Å². The van der Waals surface area contributed by atoms with Gasteiger partial charge in [-0.15, -0.1) is 10.2 Å². The molecule has 0 saturated carbocycles. The third kappa shape index (κ3) is 3.20. The summed E-state index contributed by atoms with van der Waals surface area (Å²) in [4.78, 5) is 29.7. The van der Waals surface area contributed by atoms with Crippen LogP contribution in [0.5, 0.6) is 0 Å². The second-order valence-electron chi connectivity index (χ2n) is 7.93. The van der Waals surface area contributed by atoms with Crippen molar-refractivity contribution in [3.05, 3.63) is 47.5 Å². The van der Waals surface area contributed by atoms with E-state index in [1.54, 1.807) is 38.5 Å². The summed E-state index contributed by atoms with van der Waals surface area (Å²) in [6.07, 6.45) is 0. The molecular formula is C21H22N8O2. The normalized spacial score (nSPS) is 16.9. The molecule has 1 aliphatic heterocycles. The lowest BCUT2D eigenvalue weighted by molar-refractivity contribution is 0.0414. The predicted octanol–water partition coefficient (Wildman–Crippen LogP) is 1.24. The number of benzene rings is 2. The Bertz CT molecular complexity index is 1320. The van der Waals surface area contributed by atoms with E-state index in [0.717, 1.165) is 11.0 Å². The van der Waals surface area contributed by atoms with Gasteiger partial charge in [-0.05, 0) is 43.3 Å². The van der Waals surface area contributed by atoms with Crippen LogP contribution in [0.4, 0.5) is 0 Å². The highest BCUT2D eigenvalue weighted by molar-refractivity contribution is 5.99. The summed E-state index contributed by atoms with van der Waals surface area (Å²) in [6.45, 7) is 3.37. The van der Waals surface area contributed by atoms with Crippen LogP contribution in [0.2, 0.25) is 0 Å². The van der Waals surface area contributed by atoms with Gasteiger partial charge in [0.25, 0.3) is 11.8 Å². The molecule has 1 aliphatic rings. The third-order valence-electron chi connectivity index (χ3n) is 5.89. The third-order valence-corrected chi connectivity index (χ3v) is 5.89. The molecule has 0 bridgehead atoms. The molecule has 3 heterocycles. The van der Waals surface area contributed by atoms with Gasteiger partial charge in [0.2, 0.25) is 0 Å². The van der Waals surface area contributed by atoms with Crippen molar-refractivity contribution in [2.24, 2.45) is 14.1 Å². The van der Waals surface area contributed by atoms with E-state index in [1.807, 2.05) is 38.1 Å². The zero-order chi connectivity index (χ0) is 21.7. The first-order valence-electron chi connectivity index (χ1n) is 10.1. The van der Waals surface area contributed by atoms with Crippen molar-refractivity contribution >= 4 is 33.9 Å². The monoisotopic (exact) mass is 418 g/mol. The second-order valence-corrected chi connectivity index (χ2v) is 7.93. The minimum Gasteiger partial charge on any atom is -0.335 e. The summed E-state index contributed by atoms with van der Waals surface area (Å²) in [7, 11) is 3.63. The number of nitrogens with zero attached hydrogens (tertiary/aromatic N) is 8. The lowest BCUT2D eigenvalue weighted by Gasteiger charge is -2.40. The topological polar surface area (TPSA) is 102 Å². The average molecular weight is 418 g/mol. The molecule has 1 saturated heterocycles. The Kier molecular flexibility index (Phi) is 4.42. The number of carbonyl (C=O) groups is 2. The van der Waals surface area contributed by atoms with Crippen LogP contribution >= 0.6 is 0 Å². The number of hydrogen-bond acceptors (Lipinski definition) is 6. The molecule has 0 spiro atoms. The molecule has 0 unspecified atom stereocenters. The van der Waals surface area contributed by atoms with E-state index in [-0.39, 0.29) is 17.9 Å². The first-order valence-corrected chi connectivity index (χ1v) is 10.1. The highest BCUT2D eigenvalue weighted by atomic mass is 16.2. The Labute approximate surface area is 178 Å². The van der Waals surface area contributed by atoms with Gasteiger partial charge in [0.15, 0.2) is 0 Å². The summed E-state index contributed by atoms with van der Waals surface area (Å²) in [5.74, 6) is -0.124. The minimum absolute atomic E-state index is 0.0619. The first-order chi connectivity index (χ1) is 14.9. The summed E-state index contributed by atoms with van der Waals surface area (Å²) in [5.41, 5.74) is 4.28. The quantitative estimate of drug-likeness (QED) is 0.485. The minimum atomic E-state index is -0.108. The SMILES string of the molecule is C[C@H]1CN(C(=O)c2ccc3c(c2)nnn3C)CCN1C(=O)c1ccc2c(c1)nnn2C. The fourth-order valence-corrected chi connectivity index (χ4v) is 4.14. The maximum Gasteiger partial charge on any atom is 0.254 e. The highest BCUT2D eigenvalue weighted by Crippen LogP contribution is 2.20. The van der Waals surface area contributed by atoms with Crippen molar-refractivity contribution in [2.45, 2.75) is 13.0 Å². The molecule has 2 aromatic heterocycles. The number of fused-ring (bicyclic) bond motifs is 2. The van der Waals surface area contributed by atoms with Gasteiger partial charge in [0.05, 0.1) is 11.0 Å². The van der Waals surface area contributed by atoms with Crippen LogP contribution in [0.15, 0.2) is 36.4 Å². The molecule has 4 aromatic rings. The Morgan fingerprint density at radius 1 is 0.839 bits per heavy atom. The largest absolute Gasteiger partial charge is 0.335 e. The zero-order valence-electron chi connectivity index (χ0n) is 17.6. The van der Waals surface area contributed by atoms with E-state index < -0.39 is 0 Å². The van der Waals surface area contributed by atoms with Crippen LogP contribution in [-0.2, 0) is 14.1 Å². The predicted molar refractivity (Wildman–Crippen MR) is 113 cm³/mol. The molecule has 2 amide bonds. The number of rotatable bonds is 2. The number of hydrogen-bond donors (Lipinski definition) is 0. The lowest BCUT2D eigenvalue weighted by atomic mass is 10.1. The van der Waals surface area contributed by atoms with Crippen LogP contribution in [0.1, 0.15) is 27.6 Å². The van der Waals surface area contributed by atoms with Crippen LogP contribution in [0.3, 0.4) is 0 Å². The maximum atomic E-state index is 13.1. The van der Waals surface area contributed by atoms with Gasteiger partial charge < -0.3 is 9.80 Å². The summed E-state index contributed by atoms with van der Waals surface area (Å²) in [5, 5.41) is 16.2. The summed E-state index contributed by atoms with van der Waals surface area (Å²) >= 11 is 0. The van der Waals surface area contributed by atoms with Crippen LogP contribution in [-0.4, -0.2) is 77.3 Å². The van der Waals surface area contributed by atoms with Crippen molar-refractivity contribution in [1.82, 2.24) is 39.8 Å². The Balaban J connectivity index is 1.31. The van der Waals surface area contributed by atoms with Crippen molar-refractivity contribution in [3.63, 3.8) is 0 Å². The Morgan fingerprint density at radius 3 is 1.94 bits per heavy atom. The standard InChI is InChI=1S/C21H22N8O2/c1-13-12-28(20(30)14-4-6-18-16(10-14)22-24-26(18)2)8-9-29(13)21(31)15-5-7-19-17(11-15)23-25-27(19)3/h4-7,10-11,13H,8-9,12H2,1-3H3/t13-/m0/s1. The van der Waals surface area contributed by atoms with E-state index in [0.29, 0.717) is 41.8 Å². The van der Waals surface area contributed by atoms with Crippen LogP contribution in [0.25, 0.3) is 22.1 Å². The molecule has 2 aromatic carbocycles. The second kappa shape index (κ2) is 7.15. The molecule has 158 valence electrons. The van der Waals surface area contributed by atoms with E-state index in [2.05, 4.69) is 20.6 Å². The van der Waals surface area contributed by atoms with Crippen molar-refractivity contribution in [2.75, 3.05) is 19.6 Å². The van der Waals surface area contributed by atoms with Gasteiger partial charge >= 0.3 is 0 Å². The number of amides is 2. The molecule has 1 fully saturated rings. The van der Waals surface area contributed by atoms with Gasteiger partial charge in [-0.2, -0.15) is 0 Å². The van der Waals surface area contributed by atoms with Crippen molar-refractivity contribution in [1.29, 1.82) is 0 Å². The summed E-state index contributed by atoms with van der Waals surface area (Å²) in [6, 6.07) is 10.7. The number of carbonyl (C=O) groups excluding carboxylic acids is 2. The molecular weight excluding hydrogens is 396 g/mol. The van der Waals surface area contributed by atoms with E-state index in [4.69, 9.17) is 0 Å². The fourth-order valence-electron chi connectivity index (χ4n) is 4.14. The molecule has 0 N–H and O–H groups in total. The van der Waals surface area contributed by atoms with E-state index in [1.165, 1.54) is 0 Å².